The molecule has 1 atom stereocenters. The van der Waals surface area contributed by atoms with E-state index < -0.39 is 10.0 Å². The van der Waals surface area contributed by atoms with Crippen LogP contribution in [0.5, 0.6) is 0 Å². The van der Waals surface area contributed by atoms with Crippen molar-refractivity contribution < 1.29 is 8.42 Å². The van der Waals surface area contributed by atoms with Crippen molar-refractivity contribution in [3.63, 3.8) is 0 Å². The Balaban J connectivity index is 3.17. The Morgan fingerprint density at radius 1 is 1.47 bits per heavy atom. The molecule has 0 fully saturated rings. The van der Waals surface area contributed by atoms with Gasteiger partial charge in [0.2, 0.25) is 10.0 Å². The summed E-state index contributed by atoms with van der Waals surface area (Å²) in [6, 6.07) is 1.22. The lowest BCUT2D eigenvalue weighted by Gasteiger charge is -2.23. The molecule has 1 rings (SSSR count). The average Bonchev–Trinajstić information content (AvgIpc) is 2.30. The van der Waals surface area contributed by atoms with E-state index in [1.54, 1.807) is 0 Å². The standard InChI is InChI=1S/C10H14Cl2N2O2S/c1-4-7(2)14(3)17(15,16)8-5-9(11)10(12)13-6-8/h5-7H,4H2,1-3H3. The molecule has 4 nitrogen and oxygen atoms in total. The number of sulfonamides is 1. The Bertz CT molecular complexity index is 505. The molecule has 1 unspecified atom stereocenters. The van der Waals surface area contributed by atoms with Crippen LogP contribution >= 0.6 is 23.2 Å². The summed E-state index contributed by atoms with van der Waals surface area (Å²) in [6.07, 6.45) is 1.94. The van der Waals surface area contributed by atoms with Crippen LogP contribution in [0.2, 0.25) is 10.2 Å². The maximum absolute atomic E-state index is 12.2. The van der Waals surface area contributed by atoms with Crippen LogP contribution in [0.15, 0.2) is 17.2 Å². The zero-order chi connectivity index (χ0) is 13.2. The van der Waals surface area contributed by atoms with Crippen LogP contribution in [0.25, 0.3) is 0 Å². The van der Waals surface area contributed by atoms with E-state index in [2.05, 4.69) is 4.98 Å². The number of hydrogen-bond acceptors (Lipinski definition) is 3. The largest absolute Gasteiger partial charge is 0.244 e. The van der Waals surface area contributed by atoms with Crippen molar-refractivity contribution in [2.75, 3.05) is 7.05 Å². The topological polar surface area (TPSA) is 50.3 Å². The van der Waals surface area contributed by atoms with Crippen LogP contribution < -0.4 is 0 Å². The third kappa shape index (κ3) is 3.10. The Hall–Kier alpha value is -0.360. The summed E-state index contributed by atoms with van der Waals surface area (Å²) >= 11 is 11.4. The molecule has 0 saturated heterocycles. The summed E-state index contributed by atoms with van der Waals surface area (Å²) in [5.74, 6) is 0. The van der Waals surface area contributed by atoms with Gasteiger partial charge in [0.25, 0.3) is 0 Å². The van der Waals surface area contributed by atoms with Crippen molar-refractivity contribution >= 4 is 33.2 Å². The van der Waals surface area contributed by atoms with Crippen molar-refractivity contribution in [1.82, 2.24) is 9.29 Å². The lowest BCUT2D eigenvalue weighted by atomic mass is 10.3. The number of nitrogens with zero attached hydrogens (tertiary/aromatic N) is 2. The first-order chi connectivity index (χ1) is 7.80. The minimum absolute atomic E-state index is 0.0506. The van der Waals surface area contributed by atoms with Gasteiger partial charge in [0.05, 0.1) is 5.02 Å². The van der Waals surface area contributed by atoms with Crippen molar-refractivity contribution in [2.45, 2.75) is 31.2 Å². The smallest absolute Gasteiger partial charge is 0.242 e. The maximum atomic E-state index is 12.2. The Kier molecular flexibility index (Phi) is 4.77. The fraction of sp³-hybridized carbons (Fsp3) is 0.500. The summed E-state index contributed by atoms with van der Waals surface area (Å²) in [5.41, 5.74) is 0. The summed E-state index contributed by atoms with van der Waals surface area (Å²) in [7, 11) is -2.03. The highest BCUT2D eigenvalue weighted by molar-refractivity contribution is 7.89. The van der Waals surface area contributed by atoms with Crippen LogP contribution in [0.1, 0.15) is 20.3 Å². The molecule has 0 amide bonds. The molecule has 0 radical (unpaired) electrons. The normalized spacial score (nSPS) is 14.0. The molecule has 0 saturated carbocycles. The lowest BCUT2D eigenvalue weighted by molar-refractivity contribution is 0.380. The van der Waals surface area contributed by atoms with E-state index >= 15 is 0 Å². The average molecular weight is 297 g/mol. The molecular weight excluding hydrogens is 283 g/mol. The number of aromatic nitrogens is 1. The molecule has 0 aliphatic carbocycles. The van der Waals surface area contributed by atoms with Gasteiger partial charge in [-0.15, -0.1) is 0 Å². The molecule has 1 aromatic rings. The minimum Gasteiger partial charge on any atom is -0.242 e. The van der Waals surface area contributed by atoms with E-state index in [1.807, 2.05) is 13.8 Å². The summed E-state index contributed by atoms with van der Waals surface area (Å²) in [6.45, 7) is 3.76. The van der Waals surface area contributed by atoms with Crippen LogP contribution in [0.3, 0.4) is 0 Å². The van der Waals surface area contributed by atoms with Gasteiger partial charge in [-0.3, -0.25) is 0 Å². The molecule has 0 bridgehead atoms. The SMILES string of the molecule is CCC(C)N(C)S(=O)(=O)c1cnc(Cl)c(Cl)c1. The molecule has 17 heavy (non-hydrogen) atoms. The second kappa shape index (κ2) is 5.52. The second-order valence-electron chi connectivity index (χ2n) is 3.72. The van der Waals surface area contributed by atoms with Gasteiger partial charge in [-0.25, -0.2) is 13.4 Å². The molecule has 0 N–H and O–H groups in total. The van der Waals surface area contributed by atoms with E-state index in [1.165, 1.54) is 23.6 Å². The summed E-state index contributed by atoms with van der Waals surface area (Å²) < 4.78 is 25.7. The molecule has 1 heterocycles. The monoisotopic (exact) mass is 296 g/mol. The molecule has 0 aromatic carbocycles. The third-order valence-electron chi connectivity index (χ3n) is 2.66. The van der Waals surface area contributed by atoms with Crippen LogP contribution in [0.4, 0.5) is 0 Å². The molecular formula is C10H14Cl2N2O2S. The molecule has 0 aliphatic heterocycles. The number of pyridine rings is 1. The fourth-order valence-electron chi connectivity index (χ4n) is 1.21. The highest BCUT2D eigenvalue weighted by Crippen LogP contribution is 2.24. The Labute approximate surface area is 112 Å². The van der Waals surface area contributed by atoms with E-state index in [9.17, 15) is 8.42 Å². The van der Waals surface area contributed by atoms with Crippen molar-refractivity contribution in [2.24, 2.45) is 0 Å². The maximum Gasteiger partial charge on any atom is 0.244 e. The van der Waals surface area contributed by atoms with E-state index in [4.69, 9.17) is 23.2 Å². The van der Waals surface area contributed by atoms with Gasteiger partial charge >= 0.3 is 0 Å². The number of hydrogen-bond donors (Lipinski definition) is 0. The van der Waals surface area contributed by atoms with Gasteiger partial charge < -0.3 is 0 Å². The van der Waals surface area contributed by atoms with Gasteiger partial charge in [0, 0.05) is 19.3 Å². The predicted octanol–water partition coefficient (Wildman–Crippen LogP) is 2.81. The third-order valence-corrected chi connectivity index (χ3v) is 5.28. The Morgan fingerprint density at radius 2 is 2.06 bits per heavy atom. The van der Waals surface area contributed by atoms with Crippen molar-refractivity contribution in [3.8, 4) is 0 Å². The van der Waals surface area contributed by atoms with Gasteiger partial charge in [-0.05, 0) is 19.4 Å². The predicted molar refractivity (Wildman–Crippen MR) is 69.0 cm³/mol. The van der Waals surface area contributed by atoms with Crippen LogP contribution in [-0.4, -0.2) is 30.8 Å². The zero-order valence-electron chi connectivity index (χ0n) is 9.81. The second-order valence-corrected chi connectivity index (χ2v) is 6.48. The van der Waals surface area contributed by atoms with Crippen molar-refractivity contribution in [1.29, 1.82) is 0 Å². The van der Waals surface area contributed by atoms with Gasteiger partial charge in [-0.1, -0.05) is 30.1 Å². The quantitative estimate of drug-likeness (QED) is 0.803. The van der Waals surface area contributed by atoms with E-state index in [0.717, 1.165) is 6.42 Å². The molecule has 7 heteroatoms. The molecule has 0 spiro atoms. The van der Waals surface area contributed by atoms with Crippen molar-refractivity contribution in [3.05, 3.63) is 22.4 Å². The number of halogens is 2. The highest BCUT2D eigenvalue weighted by Gasteiger charge is 2.25. The summed E-state index contributed by atoms with van der Waals surface area (Å²) in [5, 5.41) is 0.224. The molecule has 96 valence electrons. The minimum atomic E-state index is -3.56. The number of rotatable bonds is 4. The molecule has 0 aliphatic rings. The zero-order valence-corrected chi connectivity index (χ0v) is 12.1. The first-order valence-corrected chi connectivity index (χ1v) is 7.29. The first-order valence-electron chi connectivity index (χ1n) is 5.09. The fourth-order valence-corrected chi connectivity index (χ4v) is 2.95. The van der Waals surface area contributed by atoms with Gasteiger partial charge in [0.1, 0.15) is 10.0 Å². The van der Waals surface area contributed by atoms with Crippen LogP contribution in [0, 0.1) is 0 Å². The first kappa shape index (κ1) is 14.7. The highest BCUT2D eigenvalue weighted by atomic mass is 35.5. The van der Waals surface area contributed by atoms with E-state index in [0.29, 0.717) is 0 Å². The van der Waals surface area contributed by atoms with Crippen LogP contribution in [-0.2, 0) is 10.0 Å². The lowest BCUT2D eigenvalue weighted by Crippen LogP contribution is -2.34. The molecule has 1 aromatic heterocycles. The van der Waals surface area contributed by atoms with Gasteiger partial charge in [0.15, 0.2) is 0 Å². The van der Waals surface area contributed by atoms with E-state index in [-0.39, 0.29) is 21.1 Å². The summed E-state index contributed by atoms with van der Waals surface area (Å²) in [4.78, 5) is 3.79. The Morgan fingerprint density at radius 3 is 2.53 bits per heavy atom. The van der Waals surface area contributed by atoms with Gasteiger partial charge in [-0.2, -0.15) is 4.31 Å².